The highest BCUT2D eigenvalue weighted by atomic mass is 32.1. The Bertz CT molecular complexity index is 234. The smallest absolute Gasteiger partial charge is 0.0953 e. The fraction of sp³-hybridized carbons (Fsp3) is 0.667. The van der Waals surface area contributed by atoms with Crippen molar-refractivity contribution in [3.8, 4) is 0 Å². The van der Waals surface area contributed by atoms with Crippen LogP contribution in [0.3, 0.4) is 0 Å². The normalized spacial score (nSPS) is 15.6. The molecule has 0 fully saturated rings. The quantitative estimate of drug-likeness (QED) is 0.746. The SMILES string of the molecule is CNCCC(C)(O)Cc1nccs1. The molecule has 13 heavy (non-hydrogen) atoms. The molecule has 2 N–H and O–H groups in total. The van der Waals surface area contributed by atoms with Crippen LogP contribution in [-0.4, -0.2) is 29.3 Å². The lowest BCUT2D eigenvalue weighted by Gasteiger charge is -2.21. The monoisotopic (exact) mass is 200 g/mol. The van der Waals surface area contributed by atoms with Gasteiger partial charge in [0, 0.05) is 18.0 Å². The zero-order valence-corrected chi connectivity index (χ0v) is 8.90. The average Bonchev–Trinajstić information content (AvgIpc) is 2.52. The molecule has 0 aliphatic heterocycles. The summed E-state index contributed by atoms with van der Waals surface area (Å²) in [7, 11) is 1.89. The van der Waals surface area contributed by atoms with E-state index in [0.717, 1.165) is 18.0 Å². The van der Waals surface area contributed by atoms with E-state index in [9.17, 15) is 5.11 Å². The largest absolute Gasteiger partial charge is 0.390 e. The minimum absolute atomic E-state index is 0.638. The van der Waals surface area contributed by atoms with Gasteiger partial charge in [-0.1, -0.05) is 0 Å². The van der Waals surface area contributed by atoms with E-state index in [0.29, 0.717) is 6.42 Å². The van der Waals surface area contributed by atoms with E-state index in [4.69, 9.17) is 0 Å². The van der Waals surface area contributed by atoms with Crippen LogP contribution < -0.4 is 5.32 Å². The number of nitrogens with one attached hydrogen (secondary N) is 1. The summed E-state index contributed by atoms with van der Waals surface area (Å²) in [6, 6.07) is 0. The Balaban J connectivity index is 2.42. The fourth-order valence-corrected chi connectivity index (χ4v) is 1.94. The maximum atomic E-state index is 9.94. The molecule has 0 aromatic carbocycles. The van der Waals surface area contributed by atoms with E-state index in [-0.39, 0.29) is 0 Å². The van der Waals surface area contributed by atoms with E-state index >= 15 is 0 Å². The number of rotatable bonds is 5. The second-order valence-corrected chi connectivity index (χ2v) is 4.43. The molecule has 0 aliphatic rings. The summed E-state index contributed by atoms with van der Waals surface area (Å²) in [4.78, 5) is 4.15. The molecule has 1 aromatic rings. The van der Waals surface area contributed by atoms with Crippen LogP contribution in [0.2, 0.25) is 0 Å². The second-order valence-electron chi connectivity index (χ2n) is 3.45. The van der Waals surface area contributed by atoms with E-state index in [2.05, 4.69) is 10.3 Å². The highest BCUT2D eigenvalue weighted by molar-refractivity contribution is 7.09. The predicted molar refractivity (Wildman–Crippen MR) is 55.0 cm³/mol. The zero-order chi connectivity index (χ0) is 9.73. The van der Waals surface area contributed by atoms with Crippen LogP contribution in [0.1, 0.15) is 18.4 Å². The van der Waals surface area contributed by atoms with E-state index in [1.54, 1.807) is 17.5 Å². The Morgan fingerprint density at radius 1 is 1.69 bits per heavy atom. The van der Waals surface area contributed by atoms with E-state index < -0.39 is 5.60 Å². The Morgan fingerprint density at radius 3 is 3.00 bits per heavy atom. The van der Waals surface area contributed by atoms with Crippen LogP contribution in [0.15, 0.2) is 11.6 Å². The number of hydrogen-bond donors (Lipinski definition) is 2. The van der Waals surface area contributed by atoms with Crippen molar-refractivity contribution in [1.29, 1.82) is 0 Å². The molecule has 0 amide bonds. The molecular weight excluding hydrogens is 184 g/mol. The van der Waals surface area contributed by atoms with Crippen LogP contribution >= 0.6 is 11.3 Å². The maximum Gasteiger partial charge on any atom is 0.0953 e. The Morgan fingerprint density at radius 2 is 2.46 bits per heavy atom. The van der Waals surface area contributed by atoms with Gasteiger partial charge in [-0.25, -0.2) is 4.98 Å². The molecule has 0 bridgehead atoms. The van der Waals surface area contributed by atoms with Gasteiger partial charge in [-0.05, 0) is 26.9 Å². The number of hydrogen-bond acceptors (Lipinski definition) is 4. The summed E-state index contributed by atoms with van der Waals surface area (Å²) in [5, 5.41) is 15.9. The van der Waals surface area contributed by atoms with Crippen molar-refractivity contribution in [3.63, 3.8) is 0 Å². The van der Waals surface area contributed by atoms with Gasteiger partial charge in [0.2, 0.25) is 0 Å². The van der Waals surface area contributed by atoms with Crippen molar-refractivity contribution in [2.75, 3.05) is 13.6 Å². The van der Waals surface area contributed by atoms with Gasteiger partial charge >= 0.3 is 0 Å². The first-order chi connectivity index (χ1) is 6.14. The third kappa shape index (κ3) is 3.85. The predicted octanol–water partition coefficient (Wildman–Crippen LogP) is 1.05. The molecule has 1 aromatic heterocycles. The van der Waals surface area contributed by atoms with Crippen molar-refractivity contribution in [2.45, 2.75) is 25.4 Å². The third-order valence-electron chi connectivity index (χ3n) is 1.93. The van der Waals surface area contributed by atoms with E-state index in [1.807, 2.05) is 19.4 Å². The summed E-state index contributed by atoms with van der Waals surface area (Å²) in [5.41, 5.74) is -0.638. The van der Waals surface area contributed by atoms with Gasteiger partial charge in [0.15, 0.2) is 0 Å². The molecule has 0 saturated carbocycles. The first-order valence-corrected chi connectivity index (χ1v) is 5.27. The van der Waals surface area contributed by atoms with Crippen molar-refractivity contribution >= 4 is 11.3 Å². The van der Waals surface area contributed by atoms with Crippen molar-refractivity contribution in [1.82, 2.24) is 10.3 Å². The Labute approximate surface area is 82.8 Å². The van der Waals surface area contributed by atoms with Gasteiger partial charge < -0.3 is 10.4 Å². The fourth-order valence-electron chi connectivity index (χ4n) is 1.15. The molecule has 0 radical (unpaired) electrons. The summed E-state index contributed by atoms with van der Waals surface area (Å²) >= 11 is 1.59. The summed E-state index contributed by atoms with van der Waals surface area (Å²) in [5.74, 6) is 0. The van der Waals surface area contributed by atoms with Crippen LogP contribution in [-0.2, 0) is 6.42 Å². The van der Waals surface area contributed by atoms with Crippen LogP contribution in [0.4, 0.5) is 0 Å². The highest BCUT2D eigenvalue weighted by Gasteiger charge is 2.21. The maximum absolute atomic E-state index is 9.94. The molecular formula is C9H16N2OS. The number of aliphatic hydroxyl groups is 1. The molecule has 1 rings (SSSR count). The number of nitrogens with zero attached hydrogens (tertiary/aromatic N) is 1. The zero-order valence-electron chi connectivity index (χ0n) is 8.08. The standard InChI is InChI=1S/C9H16N2OS/c1-9(12,3-4-10-2)7-8-11-5-6-13-8/h5-6,10,12H,3-4,7H2,1-2H3. The molecule has 0 saturated heterocycles. The topological polar surface area (TPSA) is 45.1 Å². The first kappa shape index (κ1) is 10.6. The van der Waals surface area contributed by atoms with Crippen molar-refractivity contribution < 1.29 is 5.11 Å². The average molecular weight is 200 g/mol. The summed E-state index contributed by atoms with van der Waals surface area (Å²) in [6.45, 7) is 2.68. The molecule has 4 heteroatoms. The Hall–Kier alpha value is -0.450. The molecule has 1 atom stereocenters. The molecule has 0 aliphatic carbocycles. The molecule has 0 spiro atoms. The first-order valence-electron chi connectivity index (χ1n) is 4.39. The second kappa shape index (κ2) is 4.69. The van der Waals surface area contributed by atoms with Gasteiger partial charge in [-0.15, -0.1) is 11.3 Å². The molecule has 74 valence electrons. The minimum atomic E-state index is -0.638. The van der Waals surface area contributed by atoms with E-state index in [1.165, 1.54) is 0 Å². The minimum Gasteiger partial charge on any atom is -0.390 e. The van der Waals surface area contributed by atoms with Gasteiger partial charge in [-0.3, -0.25) is 0 Å². The number of thiazole rings is 1. The van der Waals surface area contributed by atoms with Gasteiger partial charge in [0.1, 0.15) is 0 Å². The molecule has 1 unspecified atom stereocenters. The summed E-state index contributed by atoms with van der Waals surface area (Å²) < 4.78 is 0. The summed E-state index contributed by atoms with van der Waals surface area (Å²) in [6.07, 6.45) is 3.17. The van der Waals surface area contributed by atoms with Crippen LogP contribution in [0.5, 0.6) is 0 Å². The van der Waals surface area contributed by atoms with Crippen LogP contribution in [0.25, 0.3) is 0 Å². The highest BCUT2D eigenvalue weighted by Crippen LogP contribution is 2.17. The van der Waals surface area contributed by atoms with Crippen molar-refractivity contribution in [2.24, 2.45) is 0 Å². The lowest BCUT2D eigenvalue weighted by Crippen LogP contribution is -2.31. The molecule has 1 heterocycles. The van der Waals surface area contributed by atoms with Gasteiger partial charge in [0.25, 0.3) is 0 Å². The van der Waals surface area contributed by atoms with Gasteiger partial charge in [-0.2, -0.15) is 0 Å². The lowest BCUT2D eigenvalue weighted by atomic mass is 9.99. The Kier molecular flexibility index (Phi) is 3.84. The van der Waals surface area contributed by atoms with Crippen molar-refractivity contribution in [3.05, 3.63) is 16.6 Å². The molecule has 3 nitrogen and oxygen atoms in total. The van der Waals surface area contributed by atoms with Gasteiger partial charge in [0.05, 0.1) is 10.6 Å². The third-order valence-corrected chi connectivity index (χ3v) is 2.71. The number of aromatic nitrogens is 1. The van der Waals surface area contributed by atoms with Crippen LogP contribution in [0, 0.1) is 0 Å². The lowest BCUT2D eigenvalue weighted by molar-refractivity contribution is 0.0520.